The largest absolute Gasteiger partial charge is 0.382 e. The molecule has 0 aromatic heterocycles. The van der Waals surface area contributed by atoms with Crippen LogP contribution in [0, 0.1) is 0 Å². The van der Waals surface area contributed by atoms with Crippen LogP contribution in [0.5, 0.6) is 0 Å². The Morgan fingerprint density at radius 2 is 1.06 bits per heavy atom. The highest BCUT2D eigenvalue weighted by atomic mass is 14.9. The van der Waals surface area contributed by atoms with Crippen LogP contribution in [0.2, 0.25) is 0 Å². The van der Waals surface area contributed by atoms with Gasteiger partial charge in [-0.15, -0.1) is 0 Å². The average molecular weight is 242 g/mol. The van der Waals surface area contributed by atoms with Crippen molar-refractivity contribution in [2.75, 3.05) is 10.6 Å². The molecule has 18 heavy (non-hydrogen) atoms. The lowest BCUT2D eigenvalue weighted by Crippen LogP contribution is -2.12. The van der Waals surface area contributed by atoms with Crippen molar-refractivity contribution < 1.29 is 0 Å². The fourth-order valence-corrected chi connectivity index (χ4v) is 2.17. The molecule has 0 amide bonds. The highest BCUT2D eigenvalue weighted by molar-refractivity contribution is 6.01. The van der Waals surface area contributed by atoms with Crippen LogP contribution in [-0.4, -0.2) is 12.1 Å². The molecular formula is C16H22N2. The Morgan fingerprint density at radius 1 is 0.667 bits per heavy atom. The first-order chi connectivity index (χ1) is 8.58. The molecule has 0 fully saturated rings. The zero-order chi connectivity index (χ0) is 13.1. The minimum Gasteiger partial charge on any atom is -0.382 e. The van der Waals surface area contributed by atoms with E-state index in [1.165, 1.54) is 22.1 Å². The van der Waals surface area contributed by atoms with E-state index in [9.17, 15) is 0 Å². The summed E-state index contributed by atoms with van der Waals surface area (Å²) in [6.07, 6.45) is 0. The zero-order valence-corrected chi connectivity index (χ0v) is 11.6. The second kappa shape index (κ2) is 5.30. The SMILES string of the molecule is CC(C)Nc1ccc(NC(C)C)c2ccccc12. The first kappa shape index (κ1) is 12.7. The van der Waals surface area contributed by atoms with Crippen molar-refractivity contribution in [1.29, 1.82) is 0 Å². The van der Waals surface area contributed by atoms with Crippen LogP contribution in [0.4, 0.5) is 11.4 Å². The normalized spacial score (nSPS) is 11.2. The van der Waals surface area contributed by atoms with Crippen LogP contribution in [0.1, 0.15) is 27.7 Å². The predicted octanol–water partition coefficient (Wildman–Crippen LogP) is 4.48. The van der Waals surface area contributed by atoms with Gasteiger partial charge < -0.3 is 10.6 Å². The second-order valence-corrected chi connectivity index (χ2v) is 5.30. The Bertz CT molecular complexity index is 481. The molecule has 2 nitrogen and oxygen atoms in total. The first-order valence-corrected chi connectivity index (χ1v) is 6.62. The Balaban J connectivity index is 2.51. The molecule has 0 atom stereocenters. The smallest absolute Gasteiger partial charge is 0.0423 e. The van der Waals surface area contributed by atoms with Crippen molar-refractivity contribution in [3.8, 4) is 0 Å². The summed E-state index contributed by atoms with van der Waals surface area (Å²) in [6.45, 7) is 8.65. The lowest BCUT2D eigenvalue weighted by molar-refractivity contribution is 0.898. The molecule has 0 unspecified atom stereocenters. The van der Waals surface area contributed by atoms with Crippen molar-refractivity contribution in [2.24, 2.45) is 0 Å². The number of nitrogens with one attached hydrogen (secondary N) is 2. The van der Waals surface area contributed by atoms with Gasteiger partial charge in [0.1, 0.15) is 0 Å². The number of fused-ring (bicyclic) bond motifs is 1. The molecule has 0 saturated heterocycles. The summed E-state index contributed by atoms with van der Waals surface area (Å²) in [4.78, 5) is 0. The van der Waals surface area contributed by atoms with Gasteiger partial charge in [0.25, 0.3) is 0 Å². The van der Waals surface area contributed by atoms with Gasteiger partial charge in [-0.05, 0) is 39.8 Å². The Kier molecular flexibility index (Phi) is 3.75. The van der Waals surface area contributed by atoms with Crippen molar-refractivity contribution in [3.63, 3.8) is 0 Å². The Morgan fingerprint density at radius 3 is 1.39 bits per heavy atom. The first-order valence-electron chi connectivity index (χ1n) is 6.62. The minimum absolute atomic E-state index is 0.442. The second-order valence-electron chi connectivity index (χ2n) is 5.30. The Hall–Kier alpha value is -1.70. The average Bonchev–Trinajstić information content (AvgIpc) is 2.31. The molecule has 0 spiro atoms. The van der Waals surface area contributed by atoms with E-state index >= 15 is 0 Å². The summed E-state index contributed by atoms with van der Waals surface area (Å²) >= 11 is 0. The molecule has 96 valence electrons. The van der Waals surface area contributed by atoms with E-state index in [0.29, 0.717) is 12.1 Å². The van der Waals surface area contributed by atoms with E-state index in [0.717, 1.165) is 0 Å². The molecule has 2 aromatic rings. The quantitative estimate of drug-likeness (QED) is 0.826. The lowest BCUT2D eigenvalue weighted by Gasteiger charge is -2.17. The third kappa shape index (κ3) is 2.76. The molecule has 0 aliphatic rings. The monoisotopic (exact) mass is 242 g/mol. The zero-order valence-electron chi connectivity index (χ0n) is 11.6. The van der Waals surface area contributed by atoms with Crippen LogP contribution in [0.3, 0.4) is 0 Å². The molecular weight excluding hydrogens is 220 g/mol. The van der Waals surface area contributed by atoms with Gasteiger partial charge >= 0.3 is 0 Å². The number of anilines is 2. The van der Waals surface area contributed by atoms with Gasteiger partial charge in [0.15, 0.2) is 0 Å². The van der Waals surface area contributed by atoms with E-state index < -0.39 is 0 Å². The van der Waals surface area contributed by atoms with Gasteiger partial charge in [0.05, 0.1) is 0 Å². The summed E-state index contributed by atoms with van der Waals surface area (Å²) in [6, 6.07) is 13.7. The number of hydrogen-bond acceptors (Lipinski definition) is 2. The van der Waals surface area contributed by atoms with Crippen LogP contribution >= 0.6 is 0 Å². The van der Waals surface area contributed by atoms with Crippen molar-refractivity contribution in [3.05, 3.63) is 36.4 Å². The Labute approximate surface area is 109 Å². The van der Waals surface area contributed by atoms with Crippen LogP contribution in [-0.2, 0) is 0 Å². The number of hydrogen-bond donors (Lipinski definition) is 2. The van der Waals surface area contributed by atoms with E-state index in [2.05, 4.69) is 74.7 Å². The fourth-order valence-electron chi connectivity index (χ4n) is 2.17. The molecule has 0 saturated carbocycles. The molecule has 2 aromatic carbocycles. The molecule has 0 radical (unpaired) electrons. The van der Waals surface area contributed by atoms with Gasteiger partial charge in [0, 0.05) is 34.2 Å². The standard InChI is InChI=1S/C16H22N2/c1-11(2)17-15-9-10-16(18-12(3)4)14-8-6-5-7-13(14)15/h5-12,17-18H,1-4H3. The molecule has 0 heterocycles. The third-order valence-electron chi connectivity index (χ3n) is 2.81. The minimum atomic E-state index is 0.442. The summed E-state index contributed by atoms with van der Waals surface area (Å²) < 4.78 is 0. The fraction of sp³-hybridized carbons (Fsp3) is 0.375. The molecule has 2 heteroatoms. The van der Waals surface area contributed by atoms with Crippen LogP contribution < -0.4 is 10.6 Å². The molecule has 0 aliphatic heterocycles. The summed E-state index contributed by atoms with van der Waals surface area (Å²) in [5, 5.41) is 9.55. The van der Waals surface area contributed by atoms with Gasteiger partial charge in [-0.25, -0.2) is 0 Å². The predicted molar refractivity (Wildman–Crippen MR) is 81.5 cm³/mol. The van der Waals surface area contributed by atoms with E-state index in [-0.39, 0.29) is 0 Å². The maximum absolute atomic E-state index is 3.50. The number of benzene rings is 2. The van der Waals surface area contributed by atoms with Gasteiger partial charge in [-0.2, -0.15) is 0 Å². The van der Waals surface area contributed by atoms with Crippen molar-refractivity contribution in [2.45, 2.75) is 39.8 Å². The van der Waals surface area contributed by atoms with Crippen molar-refractivity contribution >= 4 is 22.1 Å². The van der Waals surface area contributed by atoms with Crippen molar-refractivity contribution in [1.82, 2.24) is 0 Å². The molecule has 0 aliphatic carbocycles. The maximum atomic E-state index is 3.50. The number of rotatable bonds is 4. The summed E-state index contributed by atoms with van der Waals surface area (Å²) in [7, 11) is 0. The highest BCUT2D eigenvalue weighted by Gasteiger charge is 2.06. The lowest BCUT2D eigenvalue weighted by atomic mass is 10.1. The van der Waals surface area contributed by atoms with Crippen LogP contribution in [0.25, 0.3) is 10.8 Å². The van der Waals surface area contributed by atoms with Crippen LogP contribution in [0.15, 0.2) is 36.4 Å². The summed E-state index contributed by atoms with van der Waals surface area (Å²) in [5.41, 5.74) is 2.41. The van der Waals surface area contributed by atoms with E-state index in [4.69, 9.17) is 0 Å². The maximum Gasteiger partial charge on any atom is 0.0423 e. The topological polar surface area (TPSA) is 24.1 Å². The molecule has 0 bridgehead atoms. The highest BCUT2D eigenvalue weighted by Crippen LogP contribution is 2.30. The van der Waals surface area contributed by atoms with Gasteiger partial charge in [0.2, 0.25) is 0 Å². The molecule has 2 N–H and O–H groups in total. The van der Waals surface area contributed by atoms with E-state index in [1.807, 2.05) is 0 Å². The summed E-state index contributed by atoms with van der Waals surface area (Å²) in [5.74, 6) is 0. The van der Waals surface area contributed by atoms with E-state index in [1.54, 1.807) is 0 Å². The van der Waals surface area contributed by atoms with Gasteiger partial charge in [-0.3, -0.25) is 0 Å². The van der Waals surface area contributed by atoms with Gasteiger partial charge in [-0.1, -0.05) is 24.3 Å². The third-order valence-corrected chi connectivity index (χ3v) is 2.81. The molecule has 2 rings (SSSR count).